The summed E-state index contributed by atoms with van der Waals surface area (Å²) in [7, 11) is 0. The van der Waals surface area contributed by atoms with Gasteiger partial charge in [-0.2, -0.15) is 0 Å². The Kier molecular flexibility index (Phi) is 2.44. The second kappa shape index (κ2) is 4.10. The second-order valence-electron chi connectivity index (χ2n) is 4.14. The Morgan fingerprint density at radius 2 is 1.94 bits per heavy atom. The van der Waals surface area contributed by atoms with Gasteiger partial charge in [0.25, 0.3) is 0 Å². The molecular formula is C13H13N5. The smallest absolute Gasteiger partial charge is 0.203 e. The zero-order valence-corrected chi connectivity index (χ0v) is 9.99. The van der Waals surface area contributed by atoms with Gasteiger partial charge in [-0.3, -0.25) is 9.55 Å². The van der Waals surface area contributed by atoms with Gasteiger partial charge < -0.3 is 5.73 Å². The number of hydrogen-bond acceptors (Lipinski definition) is 4. The molecule has 0 saturated carbocycles. The molecule has 1 atom stereocenters. The molecule has 0 amide bonds. The summed E-state index contributed by atoms with van der Waals surface area (Å²) in [4.78, 5) is 12.7. The number of nitrogens with zero attached hydrogens (tertiary/aromatic N) is 4. The van der Waals surface area contributed by atoms with Crippen molar-refractivity contribution in [2.45, 2.75) is 13.0 Å². The lowest BCUT2D eigenvalue weighted by molar-refractivity contribution is 0.661. The van der Waals surface area contributed by atoms with Crippen molar-refractivity contribution in [1.29, 1.82) is 0 Å². The van der Waals surface area contributed by atoms with Crippen LogP contribution in [0.15, 0.2) is 42.9 Å². The third-order valence-corrected chi connectivity index (χ3v) is 3.05. The summed E-state index contributed by atoms with van der Waals surface area (Å²) in [6.45, 7) is 2.07. The third kappa shape index (κ3) is 1.60. The van der Waals surface area contributed by atoms with E-state index in [4.69, 9.17) is 5.73 Å². The van der Waals surface area contributed by atoms with Crippen LogP contribution in [0.2, 0.25) is 0 Å². The maximum absolute atomic E-state index is 5.99. The molecule has 0 aliphatic rings. The molecule has 3 heterocycles. The Morgan fingerprint density at radius 3 is 2.72 bits per heavy atom. The summed E-state index contributed by atoms with van der Waals surface area (Å²) in [5.74, 6) is 0.480. The summed E-state index contributed by atoms with van der Waals surface area (Å²) < 4.78 is 1.94. The van der Waals surface area contributed by atoms with Gasteiger partial charge in [0.1, 0.15) is 5.52 Å². The minimum absolute atomic E-state index is 0.0768. The minimum atomic E-state index is 0.0768. The first-order valence-electron chi connectivity index (χ1n) is 5.75. The largest absolute Gasteiger partial charge is 0.369 e. The van der Waals surface area contributed by atoms with E-state index >= 15 is 0 Å². The number of pyridine rings is 2. The molecule has 3 aromatic rings. The fourth-order valence-electron chi connectivity index (χ4n) is 2.12. The fraction of sp³-hybridized carbons (Fsp3) is 0.154. The van der Waals surface area contributed by atoms with E-state index in [9.17, 15) is 0 Å². The standard InChI is InChI=1S/C13H13N5/c1-9(10-4-7-15-8-5-10)18-12-11(17-13(18)14)3-2-6-16-12/h2-9H,1H3,(H2,14,17). The Morgan fingerprint density at radius 1 is 1.17 bits per heavy atom. The fourth-order valence-corrected chi connectivity index (χ4v) is 2.12. The normalized spacial score (nSPS) is 12.7. The lowest BCUT2D eigenvalue weighted by atomic mass is 10.1. The first-order chi connectivity index (χ1) is 8.77. The van der Waals surface area contributed by atoms with E-state index in [-0.39, 0.29) is 6.04 Å². The van der Waals surface area contributed by atoms with Crippen LogP contribution in [0.4, 0.5) is 5.95 Å². The van der Waals surface area contributed by atoms with Crippen LogP contribution in [-0.4, -0.2) is 19.5 Å². The highest BCUT2D eigenvalue weighted by Gasteiger charge is 2.15. The van der Waals surface area contributed by atoms with Crippen molar-refractivity contribution < 1.29 is 0 Å². The number of aromatic nitrogens is 4. The molecule has 90 valence electrons. The molecule has 0 aromatic carbocycles. The van der Waals surface area contributed by atoms with Crippen molar-refractivity contribution in [3.8, 4) is 0 Å². The number of anilines is 1. The van der Waals surface area contributed by atoms with Crippen LogP contribution in [0.25, 0.3) is 11.2 Å². The molecule has 5 nitrogen and oxygen atoms in total. The molecule has 3 rings (SSSR count). The summed E-state index contributed by atoms with van der Waals surface area (Å²) in [5, 5.41) is 0. The van der Waals surface area contributed by atoms with Gasteiger partial charge >= 0.3 is 0 Å². The van der Waals surface area contributed by atoms with Crippen molar-refractivity contribution in [2.24, 2.45) is 0 Å². The van der Waals surface area contributed by atoms with Crippen LogP contribution in [0.1, 0.15) is 18.5 Å². The maximum atomic E-state index is 5.99. The molecule has 0 spiro atoms. The van der Waals surface area contributed by atoms with Gasteiger partial charge in [-0.05, 0) is 36.8 Å². The van der Waals surface area contributed by atoms with E-state index in [2.05, 4.69) is 21.9 Å². The van der Waals surface area contributed by atoms with Crippen LogP contribution in [-0.2, 0) is 0 Å². The average molecular weight is 239 g/mol. The van der Waals surface area contributed by atoms with Gasteiger partial charge in [-0.25, -0.2) is 9.97 Å². The number of imidazole rings is 1. The number of hydrogen-bond donors (Lipinski definition) is 1. The number of nitrogens with two attached hydrogens (primary N) is 1. The molecule has 0 fully saturated rings. The first-order valence-corrected chi connectivity index (χ1v) is 5.75. The van der Waals surface area contributed by atoms with Crippen molar-refractivity contribution >= 4 is 17.1 Å². The van der Waals surface area contributed by atoms with Gasteiger partial charge in [-0.15, -0.1) is 0 Å². The topological polar surface area (TPSA) is 69.6 Å². The average Bonchev–Trinajstić information content (AvgIpc) is 2.75. The van der Waals surface area contributed by atoms with Gasteiger partial charge in [0.15, 0.2) is 5.65 Å². The van der Waals surface area contributed by atoms with Crippen LogP contribution in [0.5, 0.6) is 0 Å². The molecule has 18 heavy (non-hydrogen) atoms. The lowest BCUT2D eigenvalue weighted by Gasteiger charge is -2.15. The predicted molar refractivity (Wildman–Crippen MR) is 70.0 cm³/mol. The highest BCUT2D eigenvalue weighted by molar-refractivity contribution is 5.74. The number of fused-ring (bicyclic) bond motifs is 1. The molecule has 5 heteroatoms. The zero-order chi connectivity index (χ0) is 12.5. The SMILES string of the molecule is CC(c1ccncc1)n1c(N)nc2cccnc21. The predicted octanol–water partition coefficient (Wildman–Crippen LogP) is 2.02. The van der Waals surface area contributed by atoms with E-state index in [1.807, 2.05) is 28.8 Å². The first kappa shape index (κ1) is 10.7. The summed E-state index contributed by atoms with van der Waals surface area (Å²) in [5.41, 5.74) is 8.73. The molecule has 0 aliphatic carbocycles. The van der Waals surface area contributed by atoms with E-state index < -0.39 is 0 Å². The van der Waals surface area contributed by atoms with E-state index in [1.165, 1.54) is 0 Å². The Balaban J connectivity index is 2.17. The van der Waals surface area contributed by atoms with E-state index in [1.54, 1.807) is 18.6 Å². The zero-order valence-electron chi connectivity index (χ0n) is 9.99. The Hall–Kier alpha value is -2.43. The van der Waals surface area contributed by atoms with Crippen molar-refractivity contribution in [2.75, 3.05) is 5.73 Å². The van der Waals surface area contributed by atoms with Crippen LogP contribution in [0, 0.1) is 0 Å². The highest BCUT2D eigenvalue weighted by Crippen LogP contribution is 2.25. The van der Waals surface area contributed by atoms with Crippen molar-refractivity contribution in [3.05, 3.63) is 48.4 Å². The molecule has 0 saturated heterocycles. The van der Waals surface area contributed by atoms with Gasteiger partial charge in [0.2, 0.25) is 5.95 Å². The maximum Gasteiger partial charge on any atom is 0.203 e. The van der Waals surface area contributed by atoms with Gasteiger partial charge in [0, 0.05) is 18.6 Å². The Labute approximate surface area is 104 Å². The number of nitrogen functional groups attached to an aromatic ring is 1. The van der Waals surface area contributed by atoms with Crippen LogP contribution in [0.3, 0.4) is 0 Å². The van der Waals surface area contributed by atoms with Crippen molar-refractivity contribution in [1.82, 2.24) is 19.5 Å². The molecule has 0 aliphatic heterocycles. The number of rotatable bonds is 2. The minimum Gasteiger partial charge on any atom is -0.369 e. The van der Waals surface area contributed by atoms with Crippen LogP contribution < -0.4 is 5.73 Å². The molecule has 0 radical (unpaired) electrons. The summed E-state index contributed by atoms with van der Waals surface area (Å²) >= 11 is 0. The quantitative estimate of drug-likeness (QED) is 0.742. The highest BCUT2D eigenvalue weighted by atomic mass is 15.2. The van der Waals surface area contributed by atoms with Gasteiger partial charge in [0.05, 0.1) is 6.04 Å². The summed E-state index contributed by atoms with van der Waals surface area (Å²) in [6.07, 6.45) is 5.29. The second-order valence-corrected chi connectivity index (χ2v) is 4.14. The van der Waals surface area contributed by atoms with E-state index in [0.717, 1.165) is 16.7 Å². The van der Waals surface area contributed by atoms with Gasteiger partial charge in [-0.1, -0.05) is 0 Å². The third-order valence-electron chi connectivity index (χ3n) is 3.05. The molecular weight excluding hydrogens is 226 g/mol. The summed E-state index contributed by atoms with van der Waals surface area (Å²) in [6, 6.07) is 7.79. The molecule has 1 unspecified atom stereocenters. The molecule has 3 aromatic heterocycles. The van der Waals surface area contributed by atoms with Crippen LogP contribution >= 0.6 is 0 Å². The monoisotopic (exact) mass is 239 g/mol. The Bertz CT molecular complexity index is 674. The molecule has 0 bridgehead atoms. The van der Waals surface area contributed by atoms with E-state index in [0.29, 0.717) is 5.95 Å². The molecule has 2 N–H and O–H groups in total. The van der Waals surface area contributed by atoms with Crippen molar-refractivity contribution in [3.63, 3.8) is 0 Å². The lowest BCUT2D eigenvalue weighted by Crippen LogP contribution is -2.10.